The Balaban J connectivity index is 1.55. The number of hydrogen-bond acceptors (Lipinski definition) is 6. The summed E-state index contributed by atoms with van der Waals surface area (Å²) in [6.07, 6.45) is 2.21. The van der Waals surface area contributed by atoms with Gasteiger partial charge in [0.25, 0.3) is 0 Å². The normalized spacial score (nSPS) is 14.2. The summed E-state index contributed by atoms with van der Waals surface area (Å²) >= 11 is 1.34. The van der Waals surface area contributed by atoms with Crippen molar-refractivity contribution < 1.29 is 4.79 Å². The average Bonchev–Trinajstić information content (AvgIpc) is 3.15. The molecule has 0 saturated heterocycles. The molecule has 1 heterocycles. The van der Waals surface area contributed by atoms with E-state index in [1.165, 1.54) is 11.8 Å². The van der Waals surface area contributed by atoms with Crippen LogP contribution in [0.3, 0.4) is 0 Å². The molecule has 20 heavy (non-hydrogen) atoms. The molecule has 7 nitrogen and oxygen atoms in total. The van der Waals surface area contributed by atoms with E-state index in [0.29, 0.717) is 22.6 Å². The Morgan fingerprint density at radius 2 is 2.35 bits per heavy atom. The van der Waals surface area contributed by atoms with Crippen molar-refractivity contribution in [2.45, 2.75) is 24.0 Å². The maximum absolute atomic E-state index is 11.9. The van der Waals surface area contributed by atoms with Crippen LogP contribution in [0.1, 0.15) is 18.9 Å². The minimum absolute atomic E-state index is 0.106. The van der Waals surface area contributed by atoms with Crippen LogP contribution in [0, 0.1) is 0 Å². The van der Waals surface area contributed by atoms with Crippen LogP contribution in [-0.4, -0.2) is 31.9 Å². The average molecular weight is 290 g/mol. The van der Waals surface area contributed by atoms with E-state index in [1.54, 1.807) is 28.9 Å². The first-order valence-corrected chi connectivity index (χ1v) is 7.27. The van der Waals surface area contributed by atoms with Crippen molar-refractivity contribution in [1.82, 2.24) is 20.2 Å². The van der Waals surface area contributed by atoms with Crippen LogP contribution in [-0.2, 0) is 4.79 Å². The summed E-state index contributed by atoms with van der Waals surface area (Å²) in [4.78, 5) is 11.9. The van der Waals surface area contributed by atoms with Crippen molar-refractivity contribution in [3.63, 3.8) is 0 Å². The molecule has 1 fully saturated rings. The van der Waals surface area contributed by atoms with E-state index in [1.807, 2.05) is 0 Å². The van der Waals surface area contributed by atoms with Gasteiger partial charge in [-0.1, -0.05) is 17.8 Å². The minimum Gasteiger partial charge on any atom is -0.399 e. The molecule has 0 spiro atoms. The van der Waals surface area contributed by atoms with Crippen LogP contribution >= 0.6 is 11.8 Å². The number of nitrogens with one attached hydrogen (secondary N) is 1. The molecular formula is C12H14N6OS. The van der Waals surface area contributed by atoms with E-state index in [-0.39, 0.29) is 11.7 Å². The van der Waals surface area contributed by atoms with Crippen LogP contribution in [0.15, 0.2) is 29.4 Å². The maximum Gasteiger partial charge on any atom is 0.234 e. The van der Waals surface area contributed by atoms with Gasteiger partial charge in [-0.15, -0.1) is 5.10 Å². The summed E-state index contributed by atoms with van der Waals surface area (Å²) in [5, 5.41) is 15.0. The van der Waals surface area contributed by atoms with Gasteiger partial charge < -0.3 is 11.1 Å². The Kier molecular flexibility index (Phi) is 3.55. The topological polar surface area (TPSA) is 98.7 Å². The zero-order chi connectivity index (χ0) is 13.9. The fourth-order valence-corrected chi connectivity index (χ4v) is 2.52. The summed E-state index contributed by atoms with van der Waals surface area (Å²) in [6.45, 7) is 0. The summed E-state index contributed by atoms with van der Waals surface area (Å²) in [5.41, 5.74) is 6.97. The van der Waals surface area contributed by atoms with E-state index < -0.39 is 0 Å². The van der Waals surface area contributed by atoms with Crippen molar-refractivity contribution in [1.29, 1.82) is 0 Å². The smallest absolute Gasteiger partial charge is 0.234 e. The first-order valence-electron chi connectivity index (χ1n) is 6.28. The molecule has 3 N–H and O–H groups in total. The highest BCUT2D eigenvalue weighted by Gasteiger charge is 2.28. The molecule has 104 valence electrons. The Morgan fingerprint density at radius 1 is 1.50 bits per heavy atom. The third-order valence-electron chi connectivity index (χ3n) is 2.86. The third kappa shape index (κ3) is 3.08. The Bertz CT molecular complexity index is 624. The molecule has 1 saturated carbocycles. The van der Waals surface area contributed by atoms with Crippen LogP contribution in [0.2, 0.25) is 0 Å². The first kappa shape index (κ1) is 12.9. The summed E-state index contributed by atoms with van der Waals surface area (Å²) in [6, 6.07) is 7.49. The van der Waals surface area contributed by atoms with Gasteiger partial charge in [0.1, 0.15) is 0 Å². The quantitative estimate of drug-likeness (QED) is 0.636. The molecule has 3 rings (SSSR count). The van der Waals surface area contributed by atoms with Gasteiger partial charge in [0, 0.05) is 11.4 Å². The molecule has 0 radical (unpaired) electrons. The van der Waals surface area contributed by atoms with Gasteiger partial charge in [0.15, 0.2) is 0 Å². The number of tetrazole rings is 1. The largest absolute Gasteiger partial charge is 0.399 e. The second-order valence-electron chi connectivity index (χ2n) is 4.60. The number of carbonyl (C=O) groups is 1. The van der Waals surface area contributed by atoms with Crippen LogP contribution in [0.5, 0.6) is 0 Å². The van der Waals surface area contributed by atoms with E-state index in [0.717, 1.165) is 12.8 Å². The molecule has 0 bridgehead atoms. The number of amides is 1. The number of nitrogens with two attached hydrogens (primary N) is 1. The van der Waals surface area contributed by atoms with Crippen molar-refractivity contribution in [3.05, 3.63) is 24.3 Å². The summed E-state index contributed by atoms with van der Waals surface area (Å²) < 4.78 is 1.79. The summed E-state index contributed by atoms with van der Waals surface area (Å²) in [7, 11) is 0. The number of rotatable bonds is 5. The second kappa shape index (κ2) is 5.49. The van der Waals surface area contributed by atoms with Gasteiger partial charge in [-0.2, -0.15) is 0 Å². The molecule has 1 aliphatic carbocycles. The first-order chi connectivity index (χ1) is 9.72. The molecule has 1 aromatic carbocycles. The molecule has 1 amide bonds. The van der Waals surface area contributed by atoms with Crippen molar-refractivity contribution in [3.8, 4) is 0 Å². The SMILES string of the molecule is Nc1cccc(NC(=O)CSc2nnnn2C2CC2)c1. The Hall–Kier alpha value is -2.09. The number of nitrogens with zero attached hydrogens (tertiary/aromatic N) is 4. The van der Waals surface area contributed by atoms with Crippen molar-refractivity contribution in [2.75, 3.05) is 16.8 Å². The van der Waals surface area contributed by atoms with Gasteiger partial charge in [0.2, 0.25) is 11.1 Å². The zero-order valence-electron chi connectivity index (χ0n) is 10.7. The minimum atomic E-state index is -0.106. The highest BCUT2D eigenvalue weighted by atomic mass is 32.2. The molecule has 8 heteroatoms. The van der Waals surface area contributed by atoms with Gasteiger partial charge in [-0.3, -0.25) is 4.79 Å². The number of benzene rings is 1. The van der Waals surface area contributed by atoms with Crippen molar-refractivity contribution >= 4 is 29.0 Å². The number of thioether (sulfide) groups is 1. The molecule has 0 aliphatic heterocycles. The fourth-order valence-electron chi connectivity index (χ4n) is 1.77. The molecule has 2 aromatic rings. The molecule has 0 unspecified atom stereocenters. The van der Waals surface area contributed by atoms with Crippen LogP contribution in [0.25, 0.3) is 0 Å². The second-order valence-corrected chi connectivity index (χ2v) is 5.54. The predicted molar refractivity (Wildman–Crippen MR) is 76.3 cm³/mol. The lowest BCUT2D eigenvalue weighted by atomic mass is 10.3. The van der Waals surface area contributed by atoms with Gasteiger partial charge in [0.05, 0.1) is 11.8 Å². The van der Waals surface area contributed by atoms with E-state index in [2.05, 4.69) is 20.8 Å². The molecular weight excluding hydrogens is 276 g/mol. The number of aromatic nitrogens is 4. The van der Waals surface area contributed by atoms with Crippen LogP contribution < -0.4 is 11.1 Å². The maximum atomic E-state index is 11.9. The van der Waals surface area contributed by atoms with Crippen molar-refractivity contribution in [2.24, 2.45) is 0 Å². The zero-order valence-corrected chi connectivity index (χ0v) is 11.5. The molecule has 1 aromatic heterocycles. The Labute approximate surface area is 119 Å². The van der Waals surface area contributed by atoms with Gasteiger partial charge in [-0.05, 0) is 41.5 Å². The van der Waals surface area contributed by atoms with E-state index >= 15 is 0 Å². The van der Waals surface area contributed by atoms with Gasteiger partial charge >= 0.3 is 0 Å². The number of carbonyl (C=O) groups excluding carboxylic acids is 1. The highest BCUT2D eigenvalue weighted by Crippen LogP contribution is 2.36. The van der Waals surface area contributed by atoms with E-state index in [4.69, 9.17) is 5.73 Å². The third-order valence-corrected chi connectivity index (χ3v) is 3.79. The monoisotopic (exact) mass is 290 g/mol. The van der Waals surface area contributed by atoms with E-state index in [9.17, 15) is 4.79 Å². The lowest BCUT2D eigenvalue weighted by Crippen LogP contribution is -2.14. The molecule has 0 atom stereocenters. The lowest BCUT2D eigenvalue weighted by Gasteiger charge is -2.05. The van der Waals surface area contributed by atoms with Gasteiger partial charge in [-0.25, -0.2) is 4.68 Å². The Morgan fingerprint density at radius 3 is 3.10 bits per heavy atom. The highest BCUT2D eigenvalue weighted by molar-refractivity contribution is 7.99. The number of hydrogen-bond donors (Lipinski definition) is 2. The lowest BCUT2D eigenvalue weighted by molar-refractivity contribution is -0.113. The number of anilines is 2. The summed E-state index contributed by atoms with van der Waals surface area (Å²) in [5.74, 6) is 0.160. The number of nitrogen functional groups attached to an aromatic ring is 1. The molecule has 1 aliphatic rings. The van der Waals surface area contributed by atoms with Crippen LogP contribution in [0.4, 0.5) is 11.4 Å². The standard InChI is InChI=1S/C12H14N6OS/c13-8-2-1-3-9(6-8)14-11(19)7-20-12-15-16-17-18(12)10-4-5-10/h1-3,6,10H,4-5,7,13H2,(H,14,19). The predicted octanol–water partition coefficient (Wildman–Crippen LogP) is 1.32. The fraction of sp³-hybridized carbons (Fsp3) is 0.333.